The Kier molecular flexibility index (Phi) is 5.28. The van der Waals surface area contributed by atoms with Crippen LogP contribution in [-0.2, 0) is 13.1 Å². The summed E-state index contributed by atoms with van der Waals surface area (Å²) in [7, 11) is 0. The summed E-state index contributed by atoms with van der Waals surface area (Å²) < 4.78 is 32.0. The predicted octanol–water partition coefficient (Wildman–Crippen LogP) is 5.53. The molecule has 0 bridgehead atoms. The Bertz CT molecular complexity index is 1420. The molecule has 2 aromatic carbocycles. The van der Waals surface area contributed by atoms with Gasteiger partial charge in [0.15, 0.2) is 0 Å². The molecule has 0 fully saturated rings. The molecule has 3 aromatic heterocycles. The fraction of sp³-hybridized carbons (Fsp3) is 0.0833. The van der Waals surface area contributed by atoms with Crippen molar-refractivity contribution in [1.29, 1.82) is 0 Å². The highest BCUT2D eigenvalue weighted by Gasteiger charge is 2.18. The second-order valence-electron chi connectivity index (χ2n) is 7.39. The number of hydrogen-bond acceptors (Lipinski definition) is 3. The van der Waals surface area contributed by atoms with Crippen LogP contribution in [0.5, 0.6) is 0 Å². The lowest BCUT2D eigenvalue weighted by Gasteiger charge is -2.10. The largest absolute Gasteiger partial charge is 0.331 e. The van der Waals surface area contributed by atoms with Crippen LogP contribution in [0.4, 0.5) is 14.5 Å². The number of nitrogens with zero attached hydrogens (tertiary/aromatic N) is 3. The number of fused-ring (bicyclic) bond motifs is 1. The van der Waals surface area contributed by atoms with Gasteiger partial charge < -0.3 is 9.88 Å². The van der Waals surface area contributed by atoms with Crippen molar-refractivity contribution in [3.05, 3.63) is 107 Å². The molecule has 0 spiro atoms. The highest BCUT2D eigenvalue weighted by atomic mass is 32.1. The zero-order valence-electron chi connectivity index (χ0n) is 16.8. The number of aromatic nitrogens is 3. The second kappa shape index (κ2) is 8.39. The lowest BCUT2D eigenvalue weighted by Crippen LogP contribution is -2.17. The first-order valence-corrected chi connectivity index (χ1v) is 10.8. The minimum atomic E-state index is -0.315. The number of hydrogen-bond donors (Lipinski definition) is 1. The first-order valence-electron chi connectivity index (χ1n) is 9.95. The summed E-state index contributed by atoms with van der Waals surface area (Å²) in [6, 6.07) is 16.6. The first-order chi connectivity index (χ1) is 15.6. The summed E-state index contributed by atoms with van der Waals surface area (Å²) in [5.41, 5.74) is 3.17. The Balaban J connectivity index is 1.38. The standard InChI is InChI=1S/C24H18F2N4OS/c25-18-6-3-4-16(10-18)13-30-21-8-9-32-23(21)11-22(30)24(31)28-19-12-27-29(15-19)14-17-5-1-2-7-20(17)26/h1-12,15H,13-14H2,(H,28,31). The van der Waals surface area contributed by atoms with E-state index in [2.05, 4.69) is 10.4 Å². The summed E-state index contributed by atoms with van der Waals surface area (Å²) in [5, 5.41) is 9.04. The lowest BCUT2D eigenvalue weighted by atomic mass is 10.2. The molecule has 1 amide bonds. The Hall–Kier alpha value is -3.78. The third-order valence-corrected chi connectivity index (χ3v) is 6.02. The molecule has 3 heterocycles. The van der Waals surface area contributed by atoms with E-state index in [9.17, 15) is 13.6 Å². The van der Waals surface area contributed by atoms with Gasteiger partial charge in [-0.25, -0.2) is 8.78 Å². The number of carbonyl (C=O) groups excluding carboxylic acids is 1. The van der Waals surface area contributed by atoms with E-state index in [0.29, 0.717) is 23.5 Å². The van der Waals surface area contributed by atoms with Gasteiger partial charge in [-0.05, 0) is 41.3 Å². The second-order valence-corrected chi connectivity index (χ2v) is 8.34. The van der Waals surface area contributed by atoms with Crippen molar-refractivity contribution in [2.24, 2.45) is 0 Å². The molecule has 0 saturated heterocycles. The Labute approximate surface area is 186 Å². The van der Waals surface area contributed by atoms with Gasteiger partial charge >= 0.3 is 0 Å². The monoisotopic (exact) mass is 448 g/mol. The minimum absolute atomic E-state index is 0.258. The highest BCUT2D eigenvalue weighted by molar-refractivity contribution is 7.17. The molecule has 0 aliphatic carbocycles. The molecule has 8 heteroatoms. The topological polar surface area (TPSA) is 51.9 Å². The van der Waals surface area contributed by atoms with Crippen molar-refractivity contribution < 1.29 is 13.6 Å². The van der Waals surface area contributed by atoms with Gasteiger partial charge in [0, 0.05) is 18.3 Å². The van der Waals surface area contributed by atoms with Crippen LogP contribution < -0.4 is 5.32 Å². The maximum absolute atomic E-state index is 13.9. The Morgan fingerprint density at radius 3 is 2.75 bits per heavy atom. The van der Waals surface area contributed by atoms with Crippen molar-refractivity contribution in [3.63, 3.8) is 0 Å². The first kappa shape index (κ1) is 20.1. The van der Waals surface area contributed by atoms with E-state index >= 15 is 0 Å². The predicted molar refractivity (Wildman–Crippen MR) is 121 cm³/mol. The van der Waals surface area contributed by atoms with E-state index in [1.165, 1.54) is 35.7 Å². The van der Waals surface area contributed by atoms with Crippen molar-refractivity contribution in [1.82, 2.24) is 14.3 Å². The van der Waals surface area contributed by atoms with Crippen LogP contribution in [0.2, 0.25) is 0 Å². The number of rotatable bonds is 6. The molecular weight excluding hydrogens is 430 g/mol. The van der Waals surface area contributed by atoms with Crippen LogP contribution in [0.1, 0.15) is 21.6 Å². The van der Waals surface area contributed by atoms with E-state index in [1.54, 1.807) is 35.1 Å². The van der Waals surface area contributed by atoms with Crippen LogP contribution in [0, 0.1) is 11.6 Å². The van der Waals surface area contributed by atoms with E-state index in [1.807, 2.05) is 28.1 Å². The van der Waals surface area contributed by atoms with Gasteiger partial charge in [0.05, 0.1) is 28.6 Å². The lowest BCUT2D eigenvalue weighted by molar-refractivity contribution is 0.101. The normalized spacial score (nSPS) is 11.2. The Morgan fingerprint density at radius 1 is 1.03 bits per heavy atom. The van der Waals surface area contributed by atoms with Crippen LogP contribution in [0.15, 0.2) is 78.4 Å². The van der Waals surface area contributed by atoms with Crippen molar-refractivity contribution in [3.8, 4) is 0 Å². The summed E-state index contributed by atoms with van der Waals surface area (Å²) in [5.74, 6) is -0.913. The van der Waals surface area contributed by atoms with E-state index in [4.69, 9.17) is 0 Å². The van der Waals surface area contributed by atoms with Crippen LogP contribution in [0.3, 0.4) is 0 Å². The number of carbonyl (C=O) groups is 1. The summed E-state index contributed by atoms with van der Waals surface area (Å²) in [4.78, 5) is 13.1. The van der Waals surface area contributed by atoms with Gasteiger partial charge in [0.1, 0.15) is 17.3 Å². The van der Waals surface area contributed by atoms with Gasteiger partial charge in [-0.2, -0.15) is 5.10 Å². The molecule has 1 N–H and O–H groups in total. The molecule has 5 nitrogen and oxygen atoms in total. The van der Waals surface area contributed by atoms with E-state index < -0.39 is 0 Å². The number of amides is 1. The molecule has 32 heavy (non-hydrogen) atoms. The molecule has 0 aliphatic heterocycles. The van der Waals surface area contributed by atoms with Gasteiger partial charge in [0.2, 0.25) is 0 Å². The van der Waals surface area contributed by atoms with Gasteiger partial charge in [0.25, 0.3) is 5.91 Å². The number of nitrogens with one attached hydrogen (secondary N) is 1. The number of thiophene rings is 1. The zero-order valence-corrected chi connectivity index (χ0v) is 17.7. The zero-order chi connectivity index (χ0) is 22.1. The van der Waals surface area contributed by atoms with E-state index in [-0.39, 0.29) is 24.1 Å². The number of halogens is 2. The maximum Gasteiger partial charge on any atom is 0.272 e. The molecule has 0 aliphatic rings. The molecule has 5 rings (SSSR count). The van der Waals surface area contributed by atoms with Crippen molar-refractivity contribution in [2.75, 3.05) is 5.32 Å². The molecule has 0 saturated carbocycles. The van der Waals surface area contributed by atoms with Crippen molar-refractivity contribution >= 4 is 33.1 Å². The van der Waals surface area contributed by atoms with Gasteiger partial charge in [-0.3, -0.25) is 9.48 Å². The van der Waals surface area contributed by atoms with Crippen LogP contribution in [0.25, 0.3) is 10.2 Å². The Morgan fingerprint density at radius 2 is 1.91 bits per heavy atom. The maximum atomic E-state index is 13.9. The van der Waals surface area contributed by atoms with Crippen LogP contribution in [-0.4, -0.2) is 20.3 Å². The molecular formula is C24H18F2N4OS. The highest BCUT2D eigenvalue weighted by Crippen LogP contribution is 2.27. The average molecular weight is 448 g/mol. The fourth-order valence-corrected chi connectivity index (χ4v) is 4.49. The van der Waals surface area contributed by atoms with Crippen molar-refractivity contribution in [2.45, 2.75) is 13.1 Å². The van der Waals surface area contributed by atoms with E-state index in [0.717, 1.165) is 15.8 Å². The number of benzene rings is 2. The quantitative estimate of drug-likeness (QED) is 0.372. The molecule has 0 radical (unpaired) electrons. The summed E-state index contributed by atoms with van der Waals surface area (Å²) in [6.07, 6.45) is 3.19. The minimum Gasteiger partial charge on any atom is -0.331 e. The smallest absolute Gasteiger partial charge is 0.272 e. The summed E-state index contributed by atoms with van der Waals surface area (Å²) >= 11 is 1.54. The molecule has 0 atom stereocenters. The summed E-state index contributed by atoms with van der Waals surface area (Å²) in [6.45, 7) is 0.627. The van der Waals surface area contributed by atoms with Gasteiger partial charge in [-0.15, -0.1) is 11.3 Å². The molecule has 0 unspecified atom stereocenters. The van der Waals surface area contributed by atoms with Gasteiger partial charge in [-0.1, -0.05) is 30.3 Å². The average Bonchev–Trinajstić information content (AvgIpc) is 3.48. The number of anilines is 1. The molecule has 5 aromatic rings. The van der Waals surface area contributed by atoms with Crippen LogP contribution >= 0.6 is 11.3 Å². The third-order valence-electron chi connectivity index (χ3n) is 5.17. The fourth-order valence-electron chi connectivity index (χ4n) is 3.66. The SMILES string of the molecule is O=C(Nc1cnn(Cc2ccccc2F)c1)c1cc2sccc2n1Cc1cccc(F)c1. The third kappa shape index (κ3) is 4.04. The molecule has 160 valence electrons.